The number of amides is 2. The van der Waals surface area contributed by atoms with Crippen LogP contribution in [0.4, 0.5) is 0 Å². The Balaban J connectivity index is 0.969. The van der Waals surface area contributed by atoms with Crippen LogP contribution in [0.2, 0.25) is 0 Å². The second kappa shape index (κ2) is 26.2. The van der Waals surface area contributed by atoms with E-state index in [1.54, 1.807) is 24.9 Å². The molecule has 2 amide bonds. The Kier molecular flexibility index (Phi) is 18.5. The molecule has 6 aromatic carbocycles. The van der Waals surface area contributed by atoms with Crippen LogP contribution in [0.25, 0.3) is 27.6 Å². The second-order valence-electron chi connectivity index (χ2n) is 28.2. The van der Waals surface area contributed by atoms with Gasteiger partial charge in [-0.05, 0) is 164 Å². The first-order chi connectivity index (χ1) is 45.7. The summed E-state index contributed by atoms with van der Waals surface area (Å²) >= 11 is 0. The smallest absolute Gasteiger partial charge is 0.333 e. The van der Waals surface area contributed by atoms with E-state index in [1.165, 1.54) is 31.2 Å². The van der Waals surface area contributed by atoms with Crippen molar-refractivity contribution in [1.29, 1.82) is 0 Å². The third kappa shape index (κ3) is 12.0. The summed E-state index contributed by atoms with van der Waals surface area (Å²) < 4.78 is 40.7. The number of carbonyl (C=O) groups excluding carboxylic acids is 5. The molecule has 3 aliphatic carbocycles. The van der Waals surface area contributed by atoms with Crippen LogP contribution in [0.5, 0.6) is 23.0 Å². The van der Waals surface area contributed by atoms with Crippen LogP contribution in [0.15, 0.2) is 150 Å². The van der Waals surface area contributed by atoms with Crippen LogP contribution in [0, 0.1) is 17.8 Å². The van der Waals surface area contributed by atoms with Crippen LogP contribution in [-0.4, -0.2) is 145 Å². The average Bonchev–Trinajstić information content (AvgIpc) is 1.39. The van der Waals surface area contributed by atoms with Crippen molar-refractivity contribution in [3.63, 3.8) is 0 Å². The molecule has 18 heteroatoms. The maximum Gasteiger partial charge on any atom is 0.333 e. The molecule has 5 N–H and O–H groups in total. The predicted octanol–water partition coefficient (Wildman–Crippen LogP) is 10.5. The Hall–Kier alpha value is -8.33. The monoisotopic (exact) mass is 1310 g/mol. The van der Waals surface area contributed by atoms with Crippen LogP contribution in [-0.2, 0) is 43.4 Å². The van der Waals surface area contributed by atoms with E-state index >= 15 is 14.4 Å². The van der Waals surface area contributed by atoms with E-state index in [9.17, 15) is 30.0 Å². The number of carbonyl (C=O) groups is 5. The molecule has 4 bridgehead atoms. The van der Waals surface area contributed by atoms with Gasteiger partial charge in [-0.15, -0.1) is 0 Å². The molecule has 4 aliphatic heterocycles. The zero-order chi connectivity index (χ0) is 68.5. The summed E-state index contributed by atoms with van der Waals surface area (Å²) in [5, 5.41) is 47.8. The molecular weight excluding hydrogens is 1220 g/mol. The van der Waals surface area contributed by atoms with Gasteiger partial charge in [-0.1, -0.05) is 114 Å². The molecular formula is C78H87N3O15. The van der Waals surface area contributed by atoms with Gasteiger partial charge in [0.15, 0.2) is 28.5 Å². The number of hydrogen-bond donors (Lipinski definition) is 5. The van der Waals surface area contributed by atoms with Gasteiger partial charge in [0.2, 0.25) is 12.2 Å². The lowest BCUT2D eigenvalue weighted by Crippen LogP contribution is -2.81. The summed E-state index contributed by atoms with van der Waals surface area (Å²) in [5.41, 5.74) is -0.214. The molecule has 5 fully saturated rings. The van der Waals surface area contributed by atoms with Gasteiger partial charge in [0.1, 0.15) is 58.9 Å². The number of esters is 1. The number of benzene rings is 6. The lowest BCUT2D eigenvalue weighted by Gasteiger charge is -2.64. The number of rotatable bonds is 20. The molecule has 8 unspecified atom stereocenters. The highest BCUT2D eigenvalue weighted by Crippen LogP contribution is 2.71. The zero-order valence-electron chi connectivity index (χ0n) is 56.4. The normalized spacial score (nSPS) is 27.8. The van der Waals surface area contributed by atoms with Gasteiger partial charge in [-0.2, -0.15) is 0 Å². The van der Waals surface area contributed by atoms with E-state index in [2.05, 4.69) is 40.6 Å². The first kappa shape index (κ1) is 67.6. The fourth-order valence-electron chi connectivity index (χ4n) is 15.8. The predicted molar refractivity (Wildman–Crippen MR) is 363 cm³/mol. The van der Waals surface area contributed by atoms with Gasteiger partial charge >= 0.3 is 5.97 Å². The zero-order valence-corrected chi connectivity index (χ0v) is 56.4. The van der Waals surface area contributed by atoms with Gasteiger partial charge in [-0.25, -0.2) is 4.79 Å². The third-order valence-corrected chi connectivity index (χ3v) is 20.6. The third-order valence-electron chi connectivity index (χ3n) is 20.6. The number of ketones is 2. The highest BCUT2D eigenvalue weighted by molar-refractivity contribution is 6.11. The number of aliphatic hydroxyl groups is 4. The van der Waals surface area contributed by atoms with Gasteiger partial charge in [0, 0.05) is 61.1 Å². The van der Waals surface area contributed by atoms with Crippen molar-refractivity contribution >= 4 is 57.0 Å². The van der Waals surface area contributed by atoms with Crippen LogP contribution < -0.4 is 24.3 Å². The summed E-state index contributed by atoms with van der Waals surface area (Å²) in [4.78, 5) is 81.5. The minimum absolute atomic E-state index is 0.0160. The molecule has 13 rings (SSSR count). The average molecular weight is 1310 g/mol. The highest BCUT2D eigenvalue weighted by atomic mass is 16.7. The van der Waals surface area contributed by atoms with Crippen molar-refractivity contribution in [2.45, 2.75) is 173 Å². The molecule has 4 heterocycles. The number of fused-ring (bicyclic) bond motifs is 4. The second-order valence-corrected chi connectivity index (χ2v) is 28.2. The van der Waals surface area contributed by atoms with E-state index < -0.39 is 107 Å². The summed E-state index contributed by atoms with van der Waals surface area (Å²) in [6, 6.07) is 31.8. The maximum absolute atomic E-state index is 17.3. The Morgan fingerprint density at radius 2 is 1.40 bits per heavy atom. The van der Waals surface area contributed by atoms with E-state index in [0.717, 1.165) is 43.8 Å². The van der Waals surface area contributed by atoms with Crippen molar-refractivity contribution in [3.8, 4) is 23.0 Å². The molecule has 3 saturated carbocycles. The summed E-state index contributed by atoms with van der Waals surface area (Å²) in [6.45, 7) is 17.1. The largest absolute Gasteiger partial charge is 0.482 e. The number of likely N-dealkylation sites (N-methyl/N-ethyl adjacent to an activating group) is 1. The minimum atomic E-state index is -1.84. The SMILES string of the molecule is CC(C)=CCCC1(C)C=Cc2c(c(CC=C(C)C)c3c(c2OC(=O)C(C)NC(=O)c2ccc(O[C@@H]4O[C@H](CO)[C@@H](O)[C@@H](O)[C@H]4O)cc2)C(=O)C2C(N(C)Cc4cccc5ccccc45)C4CC5C(C)(C)OC(C/C=C(/C)C(=O)N(C)Cc6cccc7ccccc67)(C4=O)C25O3)O1. The van der Waals surface area contributed by atoms with Gasteiger partial charge in [0.25, 0.3) is 5.91 Å². The first-order valence-electron chi connectivity index (χ1n) is 33.2. The lowest BCUT2D eigenvalue weighted by atomic mass is 9.44. The first-order valence-corrected chi connectivity index (χ1v) is 33.2. The molecule has 13 atom stereocenters. The highest BCUT2D eigenvalue weighted by Gasteiger charge is 2.86. The number of allylic oxidation sites excluding steroid dienone is 4. The molecule has 96 heavy (non-hydrogen) atoms. The Morgan fingerprint density at radius 1 is 0.760 bits per heavy atom. The summed E-state index contributed by atoms with van der Waals surface area (Å²) in [5.74, 6) is -4.62. The summed E-state index contributed by atoms with van der Waals surface area (Å²) in [7, 11) is 3.70. The van der Waals surface area contributed by atoms with Crippen molar-refractivity contribution in [3.05, 3.63) is 184 Å². The van der Waals surface area contributed by atoms with E-state index in [0.29, 0.717) is 54.8 Å². The molecule has 0 aromatic heterocycles. The van der Waals surface area contributed by atoms with Crippen molar-refractivity contribution in [2.24, 2.45) is 17.8 Å². The molecule has 1 spiro atoms. The minimum Gasteiger partial charge on any atom is -0.482 e. The van der Waals surface area contributed by atoms with E-state index in [4.69, 9.17) is 28.4 Å². The van der Waals surface area contributed by atoms with Crippen molar-refractivity contribution < 1.29 is 72.8 Å². The summed E-state index contributed by atoms with van der Waals surface area (Å²) in [6.07, 6.45) is 3.72. The quantitative estimate of drug-likeness (QED) is 0.0207. The van der Waals surface area contributed by atoms with Gasteiger partial charge < -0.3 is 59.1 Å². The molecule has 18 nitrogen and oxygen atoms in total. The topological polar surface area (TPSA) is 240 Å². The molecule has 7 aliphatic rings. The van der Waals surface area contributed by atoms with Gasteiger partial charge in [0.05, 0.1) is 23.7 Å². The lowest BCUT2D eigenvalue weighted by molar-refractivity contribution is -0.277. The van der Waals surface area contributed by atoms with Crippen LogP contribution in [0.3, 0.4) is 0 Å². The fourth-order valence-corrected chi connectivity index (χ4v) is 15.8. The number of nitrogens with zero attached hydrogens (tertiary/aromatic N) is 2. The van der Waals surface area contributed by atoms with Crippen LogP contribution in [0.1, 0.15) is 131 Å². The number of Topliss-reactive ketones (excluding diaryl/α,β-unsaturated/α-hetero) is 2. The fraction of sp³-hybridized carbons (Fsp3) is 0.423. The van der Waals surface area contributed by atoms with E-state index in [-0.39, 0.29) is 52.9 Å². The number of ether oxygens (including phenoxy) is 6. The Bertz CT molecular complexity index is 4190. The molecule has 6 aromatic rings. The molecule has 2 saturated heterocycles. The van der Waals surface area contributed by atoms with Crippen molar-refractivity contribution in [2.75, 3.05) is 20.7 Å². The Morgan fingerprint density at radius 3 is 2.04 bits per heavy atom. The number of nitrogens with one attached hydrogen (secondary N) is 1. The van der Waals surface area contributed by atoms with Crippen LogP contribution >= 0.6 is 0 Å². The Labute approximate surface area is 560 Å². The van der Waals surface area contributed by atoms with Gasteiger partial charge in [-0.3, -0.25) is 24.1 Å². The molecule has 0 radical (unpaired) electrons. The molecule has 504 valence electrons. The maximum atomic E-state index is 17.3. The number of hydrogen-bond acceptors (Lipinski definition) is 16. The number of aliphatic hydroxyl groups excluding tert-OH is 4. The van der Waals surface area contributed by atoms with Crippen molar-refractivity contribution in [1.82, 2.24) is 15.1 Å². The standard InChI is InChI=1S/C78H87N3O15/c1-43(2)19-18-36-76(9)37-35-56-67(94-76)55(33-28-44(3)4)69-60(68(56)93-73(90)46(6)79-71(88)49-29-31-52(32-30-49)91-74-66(86)65(85)63(83)58(42-82)92-74)64(84)61-62(80(10)40-50-24-16-22-47-20-12-14-26-53(47)50)57-39-59-75(7,8)96-77(70(57)87,78(59,61)95-69)38-34-45(5)72(89)81(11)41-51-25-17-23-48-21-13-15-27-54(48)51/h12-17,19-32,34-35,37,46,57-59,61-63,65-66,74,82-83,85-86H,18,33,36,38-42H2,1-11H3,(H,79,88)/b45-34-/t46?,57?,58-,59?,61?,62?,63-,65-,66-,74-,76?,77?,78?/m1/s1. The van der Waals surface area contributed by atoms with E-state index in [1.807, 2.05) is 134 Å².